The average Bonchev–Trinajstić information content (AvgIpc) is 2.93. The van der Waals surface area contributed by atoms with E-state index < -0.39 is 5.97 Å². The van der Waals surface area contributed by atoms with Crippen molar-refractivity contribution < 1.29 is 14.6 Å². The van der Waals surface area contributed by atoms with Crippen molar-refractivity contribution in [1.82, 2.24) is 10.3 Å². The van der Waals surface area contributed by atoms with Crippen molar-refractivity contribution in [3.8, 4) is 5.88 Å². The zero-order valence-corrected chi connectivity index (χ0v) is 17.6. The molecule has 3 rings (SSSR count). The first-order chi connectivity index (χ1) is 13.2. The Morgan fingerprint density at radius 3 is 2.61 bits per heavy atom. The molecule has 0 saturated heterocycles. The molecule has 1 fully saturated rings. The maximum absolute atomic E-state index is 10.6. The SMILES string of the molecule is Cc1c(OC2CCC(C(C)(C)C)CC2)[nH]c2cc(CNCCC(=O)O)ccc12. The van der Waals surface area contributed by atoms with Crippen LogP contribution in [0.3, 0.4) is 0 Å². The van der Waals surface area contributed by atoms with Crippen molar-refractivity contribution >= 4 is 16.9 Å². The molecule has 2 aromatic rings. The molecule has 1 heterocycles. The van der Waals surface area contributed by atoms with Gasteiger partial charge in [0.15, 0.2) is 5.88 Å². The third kappa shape index (κ3) is 5.07. The first-order valence-corrected chi connectivity index (χ1v) is 10.4. The number of aromatic amines is 1. The van der Waals surface area contributed by atoms with Crippen LogP contribution in [0.4, 0.5) is 0 Å². The van der Waals surface area contributed by atoms with E-state index in [4.69, 9.17) is 9.84 Å². The number of carboxylic acid groups (broad SMARTS) is 1. The topological polar surface area (TPSA) is 74.3 Å². The summed E-state index contributed by atoms with van der Waals surface area (Å²) in [6, 6.07) is 6.34. The maximum Gasteiger partial charge on any atom is 0.304 e. The molecule has 0 spiro atoms. The number of carbonyl (C=O) groups is 1. The minimum Gasteiger partial charge on any atom is -0.481 e. The summed E-state index contributed by atoms with van der Waals surface area (Å²) in [5.41, 5.74) is 3.76. The lowest BCUT2D eigenvalue weighted by molar-refractivity contribution is -0.136. The number of fused-ring (bicyclic) bond motifs is 1. The van der Waals surface area contributed by atoms with Crippen LogP contribution in [0.25, 0.3) is 10.9 Å². The standard InChI is InChI=1S/C23H34N2O3/c1-15-19-10-5-16(14-24-12-11-21(26)27)13-20(19)25-22(15)28-18-8-6-17(7-9-18)23(2,3)4/h5,10,13,17-18,24-25H,6-9,11-12,14H2,1-4H3,(H,26,27). The van der Waals surface area contributed by atoms with Crippen LogP contribution in [0.1, 0.15) is 64.0 Å². The molecule has 28 heavy (non-hydrogen) atoms. The highest BCUT2D eigenvalue weighted by molar-refractivity contribution is 5.86. The Labute approximate surface area is 167 Å². The van der Waals surface area contributed by atoms with Gasteiger partial charge in [-0.05, 0) is 55.6 Å². The first-order valence-electron chi connectivity index (χ1n) is 10.4. The smallest absolute Gasteiger partial charge is 0.304 e. The highest BCUT2D eigenvalue weighted by Crippen LogP contribution is 2.39. The van der Waals surface area contributed by atoms with E-state index in [-0.39, 0.29) is 6.42 Å². The maximum atomic E-state index is 10.6. The van der Waals surface area contributed by atoms with Crippen molar-refractivity contribution in [1.29, 1.82) is 0 Å². The van der Waals surface area contributed by atoms with Crippen molar-refractivity contribution in [2.24, 2.45) is 11.3 Å². The summed E-state index contributed by atoms with van der Waals surface area (Å²) in [7, 11) is 0. The third-order valence-electron chi connectivity index (χ3n) is 6.11. The van der Waals surface area contributed by atoms with Gasteiger partial charge in [0.1, 0.15) is 6.10 Å². The number of benzene rings is 1. The predicted octanol–water partition coefficient (Wildman–Crippen LogP) is 5.02. The number of aryl methyl sites for hydroxylation is 1. The van der Waals surface area contributed by atoms with Crippen LogP contribution in [0.5, 0.6) is 5.88 Å². The summed E-state index contributed by atoms with van der Waals surface area (Å²) in [5.74, 6) is 0.902. The predicted molar refractivity (Wildman–Crippen MR) is 113 cm³/mol. The molecular formula is C23H34N2O3. The molecule has 154 valence electrons. The molecule has 0 bridgehead atoms. The van der Waals surface area contributed by atoms with Gasteiger partial charge in [0.05, 0.1) is 6.42 Å². The van der Waals surface area contributed by atoms with Crippen LogP contribution < -0.4 is 10.1 Å². The van der Waals surface area contributed by atoms with Gasteiger partial charge in [-0.15, -0.1) is 0 Å². The van der Waals surface area contributed by atoms with E-state index in [9.17, 15) is 4.79 Å². The quantitative estimate of drug-likeness (QED) is 0.584. The number of aliphatic carboxylic acids is 1. The van der Waals surface area contributed by atoms with Crippen LogP contribution >= 0.6 is 0 Å². The number of rotatable bonds is 7. The summed E-state index contributed by atoms with van der Waals surface area (Å²) < 4.78 is 6.36. The van der Waals surface area contributed by atoms with Gasteiger partial charge < -0.3 is 20.1 Å². The van der Waals surface area contributed by atoms with E-state index in [1.807, 2.05) is 0 Å². The van der Waals surface area contributed by atoms with E-state index in [1.54, 1.807) is 0 Å². The van der Waals surface area contributed by atoms with Crippen LogP contribution in [0.2, 0.25) is 0 Å². The Bertz CT molecular complexity index is 811. The lowest BCUT2D eigenvalue weighted by atomic mass is 9.72. The number of nitrogens with one attached hydrogen (secondary N) is 2. The molecule has 5 nitrogen and oxygen atoms in total. The Morgan fingerprint density at radius 2 is 1.96 bits per heavy atom. The van der Waals surface area contributed by atoms with Crippen LogP contribution in [-0.2, 0) is 11.3 Å². The second-order valence-corrected chi connectivity index (χ2v) is 9.24. The molecule has 0 unspecified atom stereocenters. The van der Waals surface area contributed by atoms with Gasteiger partial charge in [0.25, 0.3) is 0 Å². The summed E-state index contributed by atoms with van der Waals surface area (Å²) in [6.45, 7) is 10.3. The van der Waals surface area contributed by atoms with Gasteiger partial charge in [-0.2, -0.15) is 0 Å². The first kappa shape index (κ1) is 20.7. The fourth-order valence-corrected chi connectivity index (χ4v) is 4.23. The summed E-state index contributed by atoms with van der Waals surface area (Å²) >= 11 is 0. The van der Waals surface area contributed by atoms with Gasteiger partial charge in [0.2, 0.25) is 0 Å². The lowest BCUT2D eigenvalue weighted by Gasteiger charge is -2.36. The van der Waals surface area contributed by atoms with E-state index in [2.05, 4.69) is 56.2 Å². The number of hydrogen-bond donors (Lipinski definition) is 3. The molecule has 1 aromatic carbocycles. The number of aromatic nitrogens is 1. The Morgan fingerprint density at radius 1 is 1.25 bits per heavy atom. The van der Waals surface area contributed by atoms with Gasteiger partial charge in [-0.1, -0.05) is 32.9 Å². The number of carboxylic acids is 1. The second kappa shape index (κ2) is 8.56. The van der Waals surface area contributed by atoms with Crippen LogP contribution in [-0.4, -0.2) is 28.7 Å². The fraction of sp³-hybridized carbons (Fsp3) is 0.609. The minimum absolute atomic E-state index is 0.138. The largest absolute Gasteiger partial charge is 0.481 e. The lowest BCUT2D eigenvalue weighted by Crippen LogP contribution is -2.30. The number of hydrogen-bond acceptors (Lipinski definition) is 3. The van der Waals surface area contributed by atoms with E-state index in [1.165, 1.54) is 23.8 Å². The molecule has 1 aliphatic carbocycles. The van der Waals surface area contributed by atoms with Crippen molar-refractivity contribution in [3.05, 3.63) is 29.3 Å². The normalized spacial score (nSPS) is 20.4. The Balaban J connectivity index is 1.61. The molecule has 0 amide bonds. The van der Waals surface area contributed by atoms with E-state index in [0.29, 0.717) is 24.6 Å². The van der Waals surface area contributed by atoms with E-state index in [0.717, 1.165) is 35.7 Å². The van der Waals surface area contributed by atoms with Gasteiger partial charge in [0, 0.05) is 29.6 Å². The van der Waals surface area contributed by atoms with Gasteiger partial charge in [-0.3, -0.25) is 4.79 Å². The van der Waals surface area contributed by atoms with Crippen molar-refractivity contribution in [3.63, 3.8) is 0 Å². The number of H-pyrrole nitrogens is 1. The molecule has 0 aliphatic heterocycles. The third-order valence-corrected chi connectivity index (χ3v) is 6.11. The molecule has 1 saturated carbocycles. The summed E-state index contributed by atoms with van der Waals surface area (Å²) in [6.07, 6.45) is 5.14. The second-order valence-electron chi connectivity index (χ2n) is 9.24. The Hall–Kier alpha value is -2.01. The van der Waals surface area contributed by atoms with E-state index >= 15 is 0 Å². The minimum atomic E-state index is -0.777. The average molecular weight is 387 g/mol. The zero-order chi connectivity index (χ0) is 20.3. The molecule has 3 N–H and O–H groups in total. The van der Waals surface area contributed by atoms with Gasteiger partial charge >= 0.3 is 5.97 Å². The summed E-state index contributed by atoms with van der Waals surface area (Å²) in [5, 5.41) is 13.1. The summed E-state index contributed by atoms with van der Waals surface area (Å²) in [4.78, 5) is 14.1. The molecular weight excluding hydrogens is 352 g/mol. The van der Waals surface area contributed by atoms with Crippen molar-refractivity contribution in [2.45, 2.75) is 72.4 Å². The van der Waals surface area contributed by atoms with Crippen LogP contribution in [0, 0.1) is 18.3 Å². The Kier molecular flexibility index (Phi) is 6.33. The highest BCUT2D eigenvalue weighted by atomic mass is 16.5. The molecule has 1 aromatic heterocycles. The molecule has 0 radical (unpaired) electrons. The number of ether oxygens (including phenoxy) is 1. The van der Waals surface area contributed by atoms with Gasteiger partial charge in [-0.25, -0.2) is 0 Å². The van der Waals surface area contributed by atoms with Crippen molar-refractivity contribution in [2.75, 3.05) is 6.54 Å². The fourth-order valence-electron chi connectivity index (χ4n) is 4.23. The molecule has 0 atom stereocenters. The zero-order valence-electron chi connectivity index (χ0n) is 17.6. The highest BCUT2D eigenvalue weighted by Gasteiger charge is 2.30. The van der Waals surface area contributed by atoms with Crippen LogP contribution in [0.15, 0.2) is 18.2 Å². The monoisotopic (exact) mass is 386 g/mol. The molecule has 1 aliphatic rings. The molecule has 5 heteroatoms.